The molecule has 4 aromatic rings. The molecule has 1 amide bonds. The molecule has 34 heavy (non-hydrogen) atoms. The van der Waals surface area contributed by atoms with E-state index in [2.05, 4.69) is 31.5 Å². The molecule has 0 saturated heterocycles. The van der Waals surface area contributed by atoms with E-state index < -0.39 is 5.60 Å². The van der Waals surface area contributed by atoms with E-state index in [4.69, 9.17) is 32.9 Å². The zero-order valence-corrected chi connectivity index (χ0v) is 21.5. The molecule has 2 heterocycles. The number of aromatic amines is 1. The Morgan fingerprint density at radius 1 is 1.18 bits per heavy atom. The Morgan fingerprint density at radius 2 is 1.91 bits per heavy atom. The summed E-state index contributed by atoms with van der Waals surface area (Å²) in [7, 11) is 0. The Hall–Kier alpha value is -2.74. The van der Waals surface area contributed by atoms with Gasteiger partial charge in [-0.3, -0.25) is 4.79 Å². The van der Waals surface area contributed by atoms with Gasteiger partial charge in [0.1, 0.15) is 11.4 Å². The number of para-hydroxylation sites is 1. The fourth-order valence-corrected chi connectivity index (χ4v) is 5.01. The van der Waals surface area contributed by atoms with Crippen LogP contribution in [-0.2, 0) is 13.0 Å². The van der Waals surface area contributed by atoms with Gasteiger partial charge >= 0.3 is 0 Å². The lowest BCUT2D eigenvalue weighted by molar-refractivity contribution is 0.0937. The monoisotopic (exact) mass is 558 g/mol. The smallest absolute Gasteiger partial charge is 0.255 e. The Morgan fingerprint density at radius 3 is 2.65 bits per heavy atom. The van der Waals surface area contributed by atoms with Crippen LogP contribution in [0.3, 0.4) is 0 Å². The normalized spacial score (nSPS) is 14.0. The van der Waals surface area contributed by atoms with Gasteiger partial charge in [-0.1, -0.05) is 63.4 Å². The van der Waals surface area contributed by atoms with Crippen molar-refractivity contribution in [1.82, 2.24) is 15.3 Å². The molecule has 5 rings (SSSR count). The van der Waals surface area contributed by atoms with Crippen molar-refractivity contribution in [1.29, 1.82) is 0 Å². The molecule has 6 nitrogen and oxygen atoms in total. The van der Waals surface area contributed by atoms with Gasteiger partial charge < -0.3 is 20.4 Å². The van der Waals surface area contributed by atoms with Crippen molar-refractivity contribution in [3.05, 3.63) is 79.7 Å². The number of nitrogens with one attached hydrogen (secondary N) is 3. The van der Waals surface area contributed by atoms with E-state index in [0.29, 0.717) is 46.0 Å². The van der Waals surface area contributed by atoms with Crippen LogP contribution in [-0.4, -0.2) is 21.5 Å². The van der Waals surface area contributed by atoms with Gasteiger partial charge in [0.2, 0.25) is 5.95 Å². The second kappa shape index (κ2) is 8.80. The van der Waals surface area contributed by atoms with E-state index in [1.165, 1.54) is 0 Å². The Bertz CT molecular complexity index is 1410. The molecule has 0 fully saturated rings. The number of halogens is 3. The van der Waals surface area contributed by atoms with Gasteiger partial charge in [0.05, 0.1) is 32.3 Å². The number of fused-ring (bicyclic) bond motifs is 3. The molecule has 1 aromatic heterocycles. The highest BCUT2D eigenvalue weighted by atomic mass is 79.9. The number of nitrogens with zero attached hydrogens (tertiary/aromatic N) is 1. The minimum Gasteiger partial charge on any atom is -0.486 e. The quantitative estimate of drug-likeness (QED) is 0.245. The number of aromatic nitrogens is 2. The summed E-state index contributed by atoms with van der Waals surface area (Å²) in [4.78, 5) is 21.2. The minimum absolute atomic E-state index is 0.218. The lowest BCUT2D eigenvalue weighted by atomic mass is 9.98. The number of hydrogen-bond donors (Lipinski definition) is 3. The SMILES string of the molecule is CC1(C)Cc2c(c(C(=O)NCc3ccccc3Br)cc3[nH]c(Nc4c(Cl)cccc4Cl)nc23)O1. The van der Waals surface area contributed by atoms with E-state index in [1.807, 2.05) is 38.1 Å². The molecule has 1 aliphatic rings. The summed E-state index contributed by atoms with van der Waals surface area (Å²) in [5.41, 5.74) is 3.91. The van der Waals surface area contributed by atoms with Crippen molar-refractivity contribution in [2.45, 2.75) is 32.4 Å². The summed E-state index contributed by atoms with van der Waals surface area (Å²) >= 11 is 16.1. The van der Waals surface area contributed by atoms with E-state index in [1.54, 1.807) is 24.3 Å². The first-order valence-electron chi connectivity index (χ1n) is 10.7. The van der Waals surface area contributed by atoms with Crippen LogP contribution in [0.5, 0.6) is 5.75 Å². The highest BCUT2D eigenvalue weighted by Crippen LogP contribution is 2.42. The fourth-order valence-electron chi connectivity index (χ4n) is 4.10. The van der Waals surface area contributed by atoms with Crippen LogP contribution in [0.15, 0.2) is 53.0 Å². The van der Waals surface area contributed by atoms with Gasteiger partial charge in [0, 0.05) is 23.0 Å². The van der Waals surface area contributed by atoms with Gasteiger partial charge in [-0.15, -0.1) is 0 Å². The first-order chi connectivity index (χ1) is 16.2. The predicted octanol–water partition coefficient (Wildman–Crippen LogP) is 7.02. The number of hydrogen-bond acceptors (Lipinski definition) is 4. The number of anilines is 2. The van der Waals surface area contributed by atoms with Crippen LogP contribution in [0.4, 0.5) is 11.6 Å². The summed E-state index contributed by atoms with van der Waals surface area (Å²) in [5, 5.41) is 7.13. The van der Waals surface area contributed by atoms with E-state index >= 15 is 0 Å². The second-order valence-corrected chi connectivity index (χ2v) is 10.4. The Labute approximate surface area is 215 Å². The third kappa shape index (κ3) is 4.35. The van der Waals surface area contributed by atoms with Crippen molar-refractivity contribution in [3.63, 3.8) is 0 Å². The molecule has 0 atom stereocenters. The van der Waals surface area contributed by atoms with Gasteiger partial charge in [0.15, 0.2) is 0 Å². The number of benzene rings is 3. The molecular formula is C25H21BrCl2N4O2. The molecule has 9 heteroatoms. The maximum atomic E-state index is 13.2. The standard InChI is InChI=1S/C25H21BrCl2N4O2/c1-25(2)11-15-20-19(30-24(31-20)32-21-17(27)8-5-9-18(21)28)10-14(22(15)34-25)23(33)29-12-13-6-3-4-7-16(13)26/h3-10H,11-12H2,1-2H3,(H,29,33)(H2,30,31,32). The topological polar surface area (TPSA) is 79.0 Å². The van der Waals surface area contributed by atoms with Crippen molar-refractivity contribution in [2.75, 3.05) is 5.32 Å². The van der Waals surface area contributed by atoms with Crippen LogP contribution in [0.2, 0.25) is 10.0 Å². The van der Waals surface area contributed by atoms with Crippen molar-refractivity contribution >= 4 is 67.7 Å². The highest BCUT2D eigenvalue weighted by molar-refractivity contribution is 9.10. The van der Waals surface area contributed by atoms with E-state index in [9.17, 15) is 4.79 Å². The third-order valence-corrected chi connectivity index (χ3v) is 7.06. The third-order valence-electron chi connectivity index (χ3n) is 5.65. The van der Waals surface area contributed by atoms with Crippen LogP contribution < -0.4 is 15.4 Å². The lowest BCUT2D eigenvalue weighted by Gasteiger charge is -2.18. The minimum atomic E-state index is -0.452. The predicted molar refractivity (Wildman–Crippen MR) is 140 cm³/mol. The number of carbonyl (C=O) groups excluding carboxylic acids is 1. The van der Waals surface area contributed by atoms with Crippen LogP contribution in [0.25, 0.3) is 11.0 Å². The summed E-state index contributed by atoms with van der Waals surface area (Å²) in [5.74, 6) is 0.823. The van der Waals surface area contributed by atoms with Crippen LogP contribution >= 0.6 is 39.1 Å². The molecule has 0 bridgehead atoms. The highest BCUT2D eigenvalue weighted by Gasteiger charge is 2.36. The first-order valence-corrected chi connectivity index (χ1v) is 12.2. The van der Waals surface area contributed by atoms with Gasteiger partial charge in [-0.25, -0.2) is 4.98 Å². The molecule has 0 saturated carbocycles. The molecule has 1 aliphatic heterocycles. The zero-order chi connectivity index (χ0) is 24.0. The Balaban J connectivity index is 1.51. The van der Waals surface area contributed by atoms with Crippen LogP contribution in [0, 0.1) is 0 Å². The van der Waals surface area contributed by atoms with Crippen molar-refractivity contribution in [2.24, 2.45) is 0 Å². The Kier molecular flexibility index (Phi) is 5.96. The summed E-state index contributed by atoms with van der Waals surface area (Å²) in [6.45, 7) is 4.38. The van der Waals surface area contributed by atoms with Crippen LogP contribution in [0.1, 0.15) is 35.3 Å². The number of rotatable bonds is 5. The summed E-state index contributed by atoms with van der Waals surface area (Å²) in [6, 6.07) is 14.8. The number of imidazole rings is 1. The summed E-state index contributed by atoms with van der Waals surface area (Å²) in [6.07, 6.45) is 0.626. The summed E-state index contributed by atoms with van der Waals surface area (Å²) < 4.78 is 7.15. The molecule has 3 aromatic carbocycles. The van der Waals surface area contributed by atoms with Gasteiger partial charge in [-0.05, 0) is 43.7 Å². The number of carbonyl (C=O) groups is 1. The molecule has 0 unspecified atom stereocenters. The second-order valence-electron chi connectivity index (χ2n) is 8.75. The average Bonchev–Trinajstić information content (AvgIpc) is 3.34. The van der Waals surface area contributed by atoms with E-state index in [0.717, 1.165) is 26.6 Å². The molecular weight excluding hydrogens is 539 g/mol. The largest absolute Gasteiger partial charge is 0.486 e. The molecule has 0 radical (unpaired) electrons. The molecule has 0 aliphatic carbocycles. The van der Waals surface area contributed by atoms with Crippen molar-refractivity contribution in [3.8, 4) is 5.75 Å². The lowest BCUT2D eigenvalue weighted by Crippen LogP contribution is -2.26. The maximum Gasteiger partial charge on any atom is 0.255 e. The first kappa shape index (κ1) is 23.0. The fraction of sp³-hybridized carbons (Fsp3) is 0.200. The zero-order valence-electron chi connectivity index (χ0n) is 18.4. The van der Waals surface area contributed by atoms with Gasteiger partial charge in [-0.2, -0.15) is 0 Å². The number of ether oxygens (including phenoxy) is 1. The van der Waals surface area contributed by atoms with Gasteiger partial charge in [0.25, 0.3) is 5.91 Å². The van der Waals surface area contributed by atoms with Crippen molar-refractivity contribution < 1.29 is 9.53 Å². The van der Waals surface area contributed by atoms with E-state index in [-0.39, 0.29) is 5.91 Å². The molecule has 0 spiro atoms. The maximum absolute atomic E-state index is 13.2. The number of amides is 1. The molecule has 3 N–H and O–H groups in total. The molecule has 174 valence electrons. The average molecular weight is 560 g/mol. The number of H-pyrrole nitrogens is 1.